The SMILES string of the molecule is Cc1ccc(C)c(C(=O)CCC(=O)OC(C)C(=O)Nc2ccc(F)c(F)c2F)c1. The first-order valence-electron chi connectivity index (χ1n) is 8.84. The molecule has 29 heavy (non-hydrogen) atoms. The Hall–Kier alpha value is -3.16. The summed E-state index contributed by atoms with van der Waals surface area (Å²) in [4.78, 5) is 36.2. The molecule has 1 atom stereocenters. The molecule has 154 valence electrons. The molecule has 2 aromatic carbocycles. The zero-order valence-electron chi connectivity index (χ0n) is 16.1. The zero-order valence-corrected chi connectivity index (χ0v) is 16.1. The van der Waals surface area contributed by atoms with E-state index in [1.165, 1.54) is 6.92 Å². The van der Waals surface area contributed by atoms with Gasteiger partial charge >= 0.3 is 5.97 Å². The van der Waals surface area contributed by atoms with Gasteiger partial charge in [-0.3, -0.25) is 14.4 Å². The Morgan fingerprint density at radius 3 is 2.38 bits per heavy atom. The van der Waals surface area contributed by atoms with E-state index in [0.717, 1.165) is 17.2 Å². The van der Waals surface area contributed by atoms with Gasteiger partial charge in [-0.25, -0.2) is 13.2 Å². The summed E-state index contributed by atoms with van der Waals surface area (Å²) in [6, 6.07) is 6.92. The highest BCUT2D eigenvalue weighted by Crippen LogP contribution is 2.20. The molecule has 0 fully saturated rings. The molecule has 0 radical (unpaired) electrons. The van der Waals surface area contributed by atoms with Gasteiger partial charge < -0.3 is 10.1 Å². The zero-order chi connectivity index (χ0) is 21.7. The average Bonchev–Trinajstić information content (AvgIpc) is 2.68. The molecule has 0 aromatic heterocycles. The summed E-state index contributed by atoms with van der Waals surface area (Å²) in [5.41, 5.74) is 1.63. The predicted molar refractivity (Wildman–Crippen MR) is 100.0 cm³/mol. The summed E-state index contributed by atoms with van der Waals surface area (Å²) in [6.45, 7) is 4.87. The molecule has 2 rings (SSSR count). The third-order valence-corrected chi connectivity index (χ3v) is 4.22. The molecule has 0 spiro atoms. The van der Waals surface area contributed by atoms with E-state index in [1.54, 1.807) is 13.0 Å². The minimum Gasteiger partial charge on any atom is -0.453 e. The standard InChI is InChI=1S/C21H20F3NO4/c1-11-4-5-12(2)14(10-11)17(26)8-9-18(27)29-13(3)21(28)25-16-7-6-15(22)19(23)20(16)24/h4-7,10,13H,8-9H2,1-3H3,(H,25,28). The van der Waals surface area contributed by atoms with Crippen molar-refractivity contribution in [3.63, 3.8) is 0 Å². The maximum atomic E-state index is 13.6. The minimum absolute atomic E-state index is 0.102. The highest BCUT2D eigenvalue weighted by molar-refractivity contribution is 5.99. The van der Waals surface area contributed by atoms with Crippen LogP contribution in [0.3, 0.4) is 0 Å². The molecule has 1 amide bonds. The van der Waals surface area contributed by atoms with Crippen LogP contribution in [0.2, 0.25) is 0 Å². The molecule has 8 heteroatoms. The molecule has 0 bridgehead atoms. The van der Waals surface area contributed by atoms with Gasteiger partial charge in [0.15, 0.2) is 29.3 Å². The van der Waals surface area contributed by atoms with Crippen LogP contribution in [-0.4, -0.2) is 23.8 Å². The number of hydrogen-bond acceptors (Lipinski definition) is 4. The van der Waals surface area contributed by atoms with Crippen LogP contribution in [0.1, 0.15) is 41.3 Å². The topological polar surface area (TPSA) is 72.5 Å². The van der Waals surface area contributed by atoms with Crippen molar-refractivity contribution in [2.75, 3.05) is 5.32 Å². The van der Waals surface area contributed by atoms with Crippen LogP contribution >= 0.6 is 0 Å². The lowest BCUT2D eigenvalue weighted by atomic mass is 9.99. The molecule has 0 aliphatic rings. The van der Waals surface area contributed by atoms with Gasteiger partial charge in [0.05, 0.1) is 12.1 Å². The van der Waals surface area contributed by atoms with Crippen LogP contribution in [0.4, 0.5) is 18.9 Å². The van der Waals surface area contributed by atoms with Crippen LogP contribution in [0.15, 0.2) is 30.3 Å². The van der Waals surface area contributed by atoms with Crippen molar-refractivity contribution in [3.8, 4) is 0 Å². The molecule has 2 aromatic rings. The van der Waals surface area contributed by atoms with Crippen molar-refractivity contribution in [3.05, 3.63) is 64.5 Å². The van der Waals surface area contributed by atoms with Crippen molar-refractivity contribution < 1.29 is 32.3 Å². The number of amides is 1. The number of esters is 1. The number of carbonyl (C=O) groups is 3. The Balaban J connectivity index is 1.90. The molecule has 0 aliphatic carbocycles. The van der Waals surface area contributed by atoms with Gasteiger partial charge in [0.25, 0.3) is 5.91 Å². The van der Waals surface area contributed by atoms with E-state index in [2.05, 4.69) is 0 Å². The fraction of sp³-hybridized carbons (Fsp3) is 0.286. The van der Waals surface area contributed by atoms with Crippen molar-refractivity contribution in [1.29, 1.82) is 0 Å². The second-order valence-corrected chi connectivity index (χ2v) is 6.59. The molecule has 1 unspecified atom stereocenters. The smallest absolute Gasteiger partial charge is 0.307 e. The largest absolute Gasteiger partial charge is 0.453 e. The van der Waals surface area contributed by atoms with Crippen LogP contribution in [0.5, 0.6) is 0 Å². The molecule has 0 heterocycles. The van der Waals surface area contributed by atoms with E-state index in [9.17, 15) is 27.6 Å². The highest BCUT2D eigenvalue weighted by atomic mass is 19.2. The van der Waals surface area contributed by atoms with Crippen molar-refractivity contribution in [2.24, 2.45) is 0 Å². The summed E-state index contributed by atoms with van der Waals surface area (Å²) in [5, 5.41) is 2.02. The van der Waals surface area contributed by atoms with Gasteiger partial charge in [-0.15, -0.1) is 0 Å². The maximum absolute atomic E-state index is 13.6. The van der Waals surface area contributed by atoms with E-state index in [-0.39, 0.29) is 18.6 Å². The second kappa shape index (κ2) is 9.36. The minimum atomic E-state index is -1.72. The lowest BCUT2D eigenvalue weighted by Gasteiger charge is -2.14. The summed E-state index contributed by atoms with van der Waals surface area (Å²) in [6.07, 6.45) is -1.68. The van der Waals surface area contributed by atoms with Gasteiger partial charge in [-0.05, 0) is 44.5 Å². The van der Waals surface area contributed by atoms with E-state index < -0.39 is 41.1 Å². The highest BCUT2D eigenvalue weighted by Gasteiger charge is 2.22. The van der Waals surface area contributed by atoms with Crippen molar-refractivity contribution in [2.45, 2.75) is 39.7 Å². The fourth-order valence-electron chi connectivity index (χ4n) is 2.55. The molecule has 0 saturated heterocycles. The Kier molecular flexibility index (Phi) is 7.14. The number of hydrogen-bond donors (Lipinski definition) is 1. The molecule has 1 N–H and O–H groups in total. The van der Waals surface area contributed by atoms with Crippen LogP contribution in [0.25, 0.3) is 0 Å². The molecular weight excluding hydrogens is 387 g/mol. The van der Waals surface area contributed by atoms with Gasteiger partial charge in [0.1, 0.15) is 0 Å². The Bertz CT molecular complexity index is 959. The Morgan fingerprint density at radius 2 is 1.69 bits per heavy atom. The Morgan fingerprint density at radius 1 is 1.00 bits per heavy atom. The normalized spacial score (nSPS) is 11.7. The quantitative estimate of drug-likeness (QED) is 0.423. The molecular formula is C21H20F3NO4. The van der Waals surface area contributed by atoms with Crippen LogP contribution in [0, 0.1) is 31.3 Å². The number of aryl methyl sites for hydroxylation is 2. The number of ketones is 1. The molecule has 0 saturated carbocycles. The number of anilines is 1. The molecule has 5 nitrogen and oxygen atoms in total. The number of halogens is 3. The van der Waals surface area contributed by atoms with E-state index in [0.29, 0.717) is 11.6 Å². The summed E-state index contributed by atoms with van der Waals surface area (Å²) in [5.74, 6) is -6.63. The number of nitrogens with one attached hydrogen (secondary N) is 1. The van der Waals surface area contributed by atoms with E-state index in [4.69, 9.17) is 4.74 Å². The first-order valence-corrected chi connectivity index (χ1v) is 8.84. The second-order valence-electron chi connectivity index (χ2n) is 6.59. The third kappa shape index (κ3) is 5.66. The first-order chi connectivity index (χ1) is 13.6. The fourth-order valence-corrected chi connectivity index (χ4v) is 2.55. The summed E-state index contributed by atoms with van der Waals surface area (Å²) in [7, 11) is 0. The number of rotatable bonds is 7. The van der Waals surface area contributed by atoms with Crippen molar-refractivity contribution in [1.82, 2.24) is 0 Å². The van der Waals surface area contributed by atoms with Gasteiger partial charge in [0.2, 0.25) is 0 Å². The first kappa shape index (κ1) is 22.1. The van der Waals surface area contributed by atoms with Gasteiger partial charge in [-0.1, -0.05) is 17.7 Å². The van der Waals surface area contributed by atoms with Crippen LogP contribution < -0.4 is 5.32 Å². The summed E-state index contributed by atoms with van der Waals surface area (Å²) < 4.78 is 44.7. The lowest BCUT2D eigenvalue weighted by Crippen LogP contribution is -2.30. The van der Waals surface area contributed by atoms with Crippen molar-refractivity contribution >= 4 is 23.3 Å². The van der Waals surface area contributed by atoms with E-state index in [1.807, 2.05) is 24.4 Å². The maximum Gasteiger partial charge on any atom is 0.307 e. The van der Waals surface area contributed by atoms with Crippen LogP contribution in [-0.2, 0) is 14.3 Å². The van der Waals surface area contributed by atoms with E-state index >= 15 is 0 Å². The number of ether oxygens (including phenoxy) is 1. The predicted octanol–water partition coefficient (Wildman–Crippen LogP) is 4.25. The molecule has 0 aliphatic heterocycles. The number of Topliss-reactive ketones (excluding diaryl/α,β-unsaturated/α-hetero) is 1. The third-order valence-electron chi connectivity index (χ3n) is 4.22. The number of carbonyl (C=O) groups excluding carboxylic acids is 3. The lowest BCUT2D eigenvalue weighted by molar-refractivity contribution is -0.153. The van der Waals surface area contributed by atoms with Gasteiger partial charge in [-0.2, -0.15) is 0 Å². The Labute approximate surface area is 165 Å². The number of benzene rings is 2. The van der Waals surface area contributed by atoms with Gasteiger partial charge in [0, 0.05) is 12.0 Å². The monoisotopic (exact) mass is 407 g/mol. The summed E-state index contributed by atoms with van der Waals surface area (Å²) >= 11 is 0. The average molecular weight is 407 g/mol.